The summed E-state index contributed by atoms with van der Waals surface area (Å²) in [6, 6.07) is 0. The highest BCUT2D eigenvalue weighted by Crippen LogP contribution is 2.39. The number of unbranched alkanes of at least 4 members (excludes halogenated alkanes) is 4. The van der Waals surface area contributed by atoms with Gasteiger partial charge in [0.1, 0.15) is 0 Å². The van der Waals surface area contributed by atoms with Gasteiger partial charge in [0.15, 0.2) is 0 Å². The first-order chi connectivity index (χ1) is 13.2. The molecule has 1 N–H and O–H groups in total. The highest BCUT2D eigenvalue weighted by molar-refractivity contribution is 5.73. The third kappa shape index (κ3) is 12.6. The van der Waals surface area contributed by atoms with Crippen molar-refractivity contribution in [3.05, 3.63) is 36.5 Å². The summed E-state index contributed by atoms with van der Waals surface area (Å²) in [6.45, 7) is 2.23. The van der Waals surface area contributed by atoms with Crippen LogP contribution in [0.15, 0.2) is 36.5 Å². The van der Waals surface area contributed by atoms with Crippen molar-refractivity contribution in [2.75, 3.05) is 7.11 Å². The lowest BCUT2D eigenvalue weighted by Gasteiger charge is -2.12. The van der Waals surface area contributed by atoms with Gasteiger partial charge in [0.2, 0.25) is 0 Å². The zero-order valence-corrected chi connectivity index (χ0v) is 17.4. The highest BCUT2D eigenvalue weighted by Gasteiger charge is 2.36. The first kappa shape index (κ1) is 23.7. The Bertz CT molecular complexity index is 460. The van der Waals surface area contributed by atoms with Gasteiger partial charge in [-0.2, -0.15) is 0 Å². The van der Waals surface area contributed by atoms with Crippen LogP contribution >= 0.6 is 0 Å². The van der Waals surface area contributed by atoms with Gasteiger partial charge in [-0.1, -0.05) is 56.2 Å². The number of hydrogen-bond acceptors (Lipinski definition) is 3. The van der Waals surface area contributed by atoms with E-state index in [1.165, 1.54) is 32.8 Å². The first-order valence-corrected chi connectivity index (χ1v) is 10.9. The molecule has 0 aromatic rings. The molecule has 1 saturated carbocycles. The van der Waals surface area contributed by atoms with Crippen molar-refractivity contribution >= 4 is 5.97 Å². The Morgan fingerprint density at radius 3 is 2.15 bits per heavy atom. The van der Waals surface area contributed by atoms with Crippen molar-refractivity contribution in [2.24, 2.45) is 11.8 Å². The van der Waals surface area contributed by atoms with Crippen molar-refractivity contribution in [3.63, 3.8) is 0 Å². The number of esters is 1. The topological polar surface area (TPSA) is 46.5 Å². The molecule has 0 aromatic heterocycles. The van der Waals surface area contributed by atoms with E-state index in [9.17, 15) is 9.90 Å². The normalized spacial score (nSPS) is 17.1. The minimum atomic E-state index is -0.318. The van der Waals surface area contributed by atoms with Gasteiger partial charge in [-0.25, -0.2) is 0 Å². The van der Waals surface area contributed by atoms with Gasteiger partial charge in [0, 0.05) is 0 Å². The summed E-state index contributed by atoms with van der Waals surface area (Å²) >= 11 is 0. The number of methoxy groups -OCH3 is 1. The number of allylic oxidation sites excluding steroid dienone is 4. The van der Waals surface area contributed by atoms with Crippen molar-refractivity contribution in [1.29, 1.82) is 0 Å². The van der Waals surface area contributed by atoms with E-state index in [0.717, 1.165) is 38.5 Å². The number of hydrogen-bond donors (Lipinski definition) is 1. The van der Waals surface area contributed by atoms with Gasteiger partial charge in [-0.05, 0) is 70.1 Å². The molecule has 0 saturated heterocycles. The summed E-state index contributed by atoms with van der Waals surface area (Å²) in [7, 11) is 1.47. The molecule has 3 heteroatoms. The van der Waals surface area contributed by atoms with Crippen LogP contribution in [0.5, 0.6) is 0 Å². The third-order valence-corrected chi connectivity index (χ3v) is 5.13. The molecular weight excluding hydrogens is 336 g/mol. The summed E-state index contributed by atoms with van der Waals surface area (Å²) in [5.41, 5.74) is 0. The fourth-order valence-corrected chi connectivity index (χ4v) is 3.25. The third-order valence-electron chi connectivity index (χ3n) is 5.13. The summed E-state index contributed by atoms with van der Waals surface area (Å²) < 4.78 is 4.90. The molecule has 0 spiro atoms. The standard InChI is InChI=1S/C24H40O3/c1-3-4-5-6-7-8-9-10-11-13-16-22(25)17-14-12-15-18-23(21-19-20-21)24(26)27-2/h7-8,11-14,21-23,25H,3-6,9-10,15-20H2,1-2H3/b8-7?,13-11+,14-12-/t22-,23?/m1/s1. The number of carbonyl (C=O) groups is 1. The zero-order chi connectivity index (χ0) is 19.7. The second-order valence-electron chi connectivity index (χ2n) is 7.66. The van der Waals surface area contributed by atoms with Gasteiger partial charge >= 0.3 is 5.97 Å². The Morgan fingerprint density at radius 2 is 1.56 bits per heavy atom. The van der Waals surface area contributed by atoms with Gasteiger partial charge in [-0.3, -0.25) is 4.79 Å². The average molecular weight is 377 g/mol. The summed E-state index contributed by atoms with van der Waals surface area (Å²) in [6.07, 6.45) is 25.3. The van der Waals surface area contributed by atoms with Crippen molar-refractivity contribution in [2.45, 2.75) is 90.1 Å². The second-order valence-corrected chi connectivity index (χ2v) is 7.66. The molecule has 0 aromatic carbocycles. The van der Waals surface area contributed by atoms with Crippen LogP contribution in [0.2, 0.25) is 0 Å². The maximum absolute atomic E-state index is 11.7. The fourth-order valence-electron chi connectivity index (χ4n) is 3.25. The zero-order valence-electron chi connectivity index (χ0n) is 17.4. The molecule has 0 heterocycles. The molecule has 27 heavy (non-hydrogen) atoms. The Hall–Kier alpha value is -1.35. The van der Waals surface area contributed by atoms with Gasteiger partial charge in [0.25, 0.3) is 0 Å². The van der Waals surface area contributed by atoms with Gasteiger partial charge in [0.05, 0.1) is 19.1 Å². The molecule has 0 radical (unpaired) electrons. The smallest absolute Gasteiger partial charge is 0.308 e. The maximum Gasteiger partial charge on any atom is 0.308 e. The van der Waals surface area contributed by atoms with Crippen molar-refractivity contribution in [1.82, 2.24) is 0 Å². The SMILES string of the molecule is CCCCCC=CCC/C=C/C[C@@H](O)C/C=C\CCC(C(=O)OC)C1CC1. The van der Waals surface area contributed by atoms with E-state index in [0.29, 0.717) is 18.8 Å². The van der Waals surface area contributed by atoms with Crippen molar-refractivity contribution in [3.8, 4) is 0 Å². The number of ether oxygens (including phenoxy) is 1. The van der Waals surface area contributed by atoms with Crippen LogP contribution in [0.1, 0.15) is 84.0 Å². The minimum Gasteiger partial charge on any atom is -0.469 e. The lowest BCUT2D eigenvalue weighted by atomic mass is 9.97. The van der Waals surface area contributed by atoms with Crippen LogP contribution in [0.25, 0.3) is 0 Å². The van der Waals surface area contributed by atoms with E-state index in [1.807, 2.05) is 6.08 Å². The highest BCUT2D eigenvalue weighted by atomic mass is 16.5. The molecule has 1 unspecified atom stereocenters. The molecule has 2 atom stereocenters. The van der Waals surface area contributed by atoms with Crippen LogP contribution in [0, 0.1) is 11.8 Å². The molecule has 0 amide bonds. The van der Waals surface area contributed by atoms with Crippen LogP contribution in [0.3, 0.4) is 0 Å². The number of carbonyl (C=O) groups excluding carboxylic acids is 1. The molecule has 1 rings (SSSR count). The van der Waals surface area contributed by atoms with Crippen LogP contribution in [-0.4, -0.2) is 24.3 Å². The molecule has 1 aliphatic carbocycles. The number of rotatable bonds is 16. The van der Waals surface area contributed by atoms with Crippen LogP contribution < -0.4 is 0 Å². The van der Waals surface area contributed by atoms with E-state index in [4.69, 9.17) is 4.74 Å². The molecule has 0 bridgehead atoms. The Balaban J connectivity index is 2.03. The largest absolute Gasteiger partial charge is 0.469 e. The van der Waals surface area contributed by atoms with Crippen LogP contribution in [-0.2, 0) is 9.53 Å². The summed E-state index contributed by atoms with van der Waals surface area (Å²) in [4.78, 5) is 11.7. The van der Waals surface area contributed by atoms with Gasteiger partial charge in [-0.15, -0.1) is 0 Å². The fraction of sp³-hybridized carbons (Fsp3) is 0.708. The van der Waals surface area contributed by atoms with Crippen LogP contribution in [0.4, 0.5) is 0 Å². The van der Waals surface area contributed by atoms with Crippen molar-refractivity contribution < 1.29 is 14.6 Å². The molecule has 1 aliphatic rings. The van der Waals surface area contributed by atoms with Gasteiger partial charge < -0.3 is 9.84 Å². The Kier molecular flexibility index (Phi) is 13.8. The number of aliphatic hydroxyl groups is 1. The number of aliphatic hydroxyl groups excluding tert-OH is 1. The van der Waals surface area contributed by atoms with E-state index in [-0.39, 0.29) is 18.0 Å². The molecular formula is C24H40O3. The second kappa shape index (κ2) is 15.7. The monoisotopic (exact) mass is 376 g/mol. The van der Waals surface area contributed by atoms with E-state index >= 15 is 0 Å². The Morgan fingerprint density at radius 1 is 0.963 bits per heavy atom. The summed E-state index contributed by atoms with van der Waals surface area (Å²) in [5, 5.41) is 10.0. The predicted molar refractivity (Wildman–Crippen MR) is 114 cm³/mol. The molecule has 3 nitrogen and oxygen atoms in total. The summed E-state index contributed by atoms with van der Waals surface area (Å²) in [5.74, 6) is 0.535. The molecule has 0 aliphatic heterocycles. The minimum absolute atomic E-state index is 0.0631. The molecule has 1 fully saturated rings. The maximum atomic E-state index is 11.7. The average Bonchev–Trinajstić information content (AvgIpc) is 3.50. The lowest BCUT2D eigenvalue weighted by molar-refractivity contribution is -0.146. The Labute approximate surface area is 166 Å². The lowest BCUT2D eigenvalue weighted by Crippen LogP contribution is -2.17. The van der Waals surface area contributed by atoms with E-state index in [2.05, 4.69) is 37.3 Å². The van der Waals surface area contributed by atoms with E-state index < -0.39 is 0 Å². The van der Waals surface area contributed by atoms with E-state index in [1.54, 1.807) is 0 Å². The molecule has 154 valence electrons. The predicted octanol–water partition coefficient (Wildman–Crippen LogP) is 6.14. The first-order valence-electron chi connectivity index (χ1n) is 10.9. The quantitative estimate of drug-likeness (QED) is 0.200.